The van der Waals surface area contributed by atoms with Gasteiger partial charge >= 0.3 is 0 Å². The van der Waals surface area contributed by atoms with E-state index in [4.69, 9.17) is 17.3 Å². The van der Waals surface area contributed by atoms with E-state index in [0.717, 1.165) is 48.9 Å². The Kier molecular flexibility index (Phi) is 4.23. The molecule has 2 spiro atoms. The molecule has 29 heavy (non-hydrogen) atoms. The van der Waals surface area contributed by atoms with Crippen molar-refractivity contribution in [2.45, 2.75) is 55.0 Å². The van der Waals surface area contributed by atoms with Gasteiger partial charge in [0.1, 0.15) is 5.41 Å². The summed E-state index contributed by atoms with van der Waals surface area (Å²) in [5, 5.41) is 7.27. The molecule has 2 aromatic carbocycles. The molecule has 2 aromatic rings. The summed E-state index contributed by atoms with van der Waals surface area (Å²) in [5.74, 6) is -0.876. The fraction of sp³-hybridized carbons (Fsp3) is 0.391. The van der Waals surface area contributed by atoms with E-state index in [1.165, 1.54) is 0 Å². The topological polar surface area (TPSA) is 84.2 Å². The summed E-state index contributed by atoms with van der Waals surface area (Å²) in [4.78, 5) is 26.5. The minimum atomic E-state index is -0.908. The van der Waals surface area contributed by atoms with E-state index < -0.39 is 22.9 Å². The highest BCUT2D eigenvalue weighted by Crippen LogP contribution is 2.62. The summed E-state index contributed by atoms with van der Waals surface area (Å²) in [5.41, 5.74) is 7.07. The lowest BCUT2D eigenvalue weighted by Gasteiger charge is -2.47. The number of rotatable bonds is 2. The second-order valence-electron chi connectivity index (χ2n) is 8.51. The van der Waals surface area contributed by atoms with Crippen molar-refractivity contribution in [1.29, 1.82) is 0 Å². The van der Waals surface area contributed by atoms with Crippen molar-refractivity contribution in [3.63, 3.8) is 0 Å². The molecule has 2 heterocycles. The van der Waals surface area contributed by atoms with Crippen molar-refractivity contribution < 1.29 is 9.59 Å². The van der Waals surface area contributed by atoms with E-state index in [1.807, 2.05) is 42.5 Å². The molecule has 0 bridgehead atoms. The second-order valence-corrected chi connectivity index (χ2v) is 8.94. The van der Waals surface area contributed by atoms with Crippen LogP contribution in [-0.4, -0.2) is 23.4 Å². The maximum atomic E-state index is 13.8. The van der Waals surface area contributed by atoms with Gasteiger partial charge in [0.05, 0.1) is 6.04 Å². The van der Waals surface area contributed by atoms with Crippen LogP contribution in [-0.2, 0) is 15.0 Å². The number of hydrogen-bond donors (Lipinski definition) is 3. The molecule has 1 aliphatic carbocycles. The van der Waals surface area contributed by atoms with Crippen molar-refractivity contribution in [3.8, 4) is 0 Å². The standard InChI is InChI=1S/C23H24ClN3O2/c24-15-9-10-16-17(13-15)26-21(29)23(16)18(14-7-3-1-4-8-14)19(20(25)28)27-22(23)11-5-2-6-12-22/h1,3-4,7-10,13,18-19,27H,2,5-6,11-12H2,(H2,25,28)(H,26,29)/t18-,19+,23+/m0/s1. The number of nitrogens with two attached hydrogens (primary N) is 1. The third kappa shape index (κ3) is 2.44. The van der Waals surface area contributed by atoms with E-state index in [9.17, 15) is 9.59 Å². The predicted molar refractivity (Wildman–Crippen MR) is 113 cm³/mol. The van der Waals surface area contributed by atoms with Gasteiger partial charge in [-0.15, -0.1) is 0 Å². The number of carbonyl (C=O) groups excluding carboxylic acids is 2. The first-order valence-corrected chi connectivity index (χ1v) is 10.6. The number of carbonyl (C=O) groups is 2. The van der Waals surface area contributed by atoms with Gasteiger partial charge in [0, 0.05) is 22.2 Å². The lowest BCUT2D eigenvalue weighted by Crippen LogP contribution is -2.60. The summed E-state index contributed by atoms with van der Waals surface area (Å²) in [6, 6.07) is 14.8. The molecule has 150 valence electrons. The van der Waals surface area contributed by atoms with Crippen LogP contribution in [0.3, 0.4) is 0 Å². The van der Waals surface area contributed by atoms with Crippen LogP contribution in [0.15, 0.2) is 48.5 Å². The molecule has 0 aromatic heterocycles. The lowest BCUT2D eigenvalue weighted by atomic mass is 9.55. The smallest absolute Gasteiger partial charge is 0.237 e. The number of hydrogen-bond acceptors (Lipinski definition) is 3. The maximum Gasteiger partial charge on any atom is 0.237 e. The van der Waals surface area contributed by atoms with Gasteiger partial charge in [-0.25, -0.2) is 0 Å². The quantitative estimate of drug-likeness (QED) is 0.710. The summed E-state index contributed by atoms with van der Waals surface area (Å²) < 4.78 is 0. The Balaban J connectivity index is 1.83. The molecule has 5 rings (SSSR count). The van der Waals surface area contributed by atoms with Gasteiger partial charge < -0.3 is 11.1 Å². The number of fused-ring (bicyclic) bond motifs is 3. The van der Waals surface area contributed by atoms with Crippen LogP contribution in [0.2, 0.25) is 5.02 Å². The van der Waals surface area contributed by atoms with Crippen LogP contribution in [0.1, 0.15) is 49.1 Å². The van der Waals surface area contributed by atoms with E-state index in [2.05, 4.69) is 10.6 Å². The molecule has 6 heteroatoms. The molecule has 2 amide bonds. The number of benzene rings is 2. The Hall–Kier alpha value is -2.37. The fourth-order valence-electron chi connectivity index (χ4n) is 6.17. The Labute approximate surface area is 175 Å². The average Bonchev–Trinajstić information content (AvgIpc) is 3.17. The molecular formula is C23H24ClN3O2. The van der Waals surface area contributed by atoms with Crippen LogP contribution in [0.25, 0.3) is 0 Å². The van der Waals surface area contributed by atoms with Gasteiger partial charge in [-0.2, -0.15) is 0 Å². The highest BCUT2D eigenvalue weighted by atomic mass is 35.5. The summed E-state index contributed by atoms with van der Waals surface area (Å²) in [6.07, 6.45) is 4.81. The van der Waals surface area contributed by atoms with Gasteiger partial charge in [-0.05, 0) is 36.1 Å². The largest absolute Gasteiger partial charge is 0.368 e. The van der Waals surface area contributed by atoms with Crippen molar-refractivity contribution in [1.82, 2.24) is 5.32 Å². The molecule has 2 fully saturated rings. The first-order chi connectivity index (χ1) is 14.0. The zero-order chi connectivity index (χ0) is 20.2. The van der Waals surface area contributed by atoms with Gasteiger partial charge in [-0.1, -0.05) is 67.3 Å². The van der Waals surface area contributed by atoms with Crippen molar-refractivity contribution in [3.05, 3.63) is 64.7 Å². The van der Waals surface area contributed by atoms with Crippen LogP contribution >= 0.6 is 11.6 Å². The maximum absolute atomic E-state index is 13.8. The normalized spacial score (nSPS) is 29.8. The van der Waals surface area contributed by atoms with E-state index in [-0.39, 0.29) is 11.8 Å². The molecule has 3 aliphatic rings. The van der Waals surface area contributed by atoms with E-state index >= 15 is 0 Å². The van der Waals surface area contributed by atoms with Gasteiger partial charge in [0.2, 0.25) is 11.8 Å². The van der Waals surface area contributed by atoms with Crippen LogP contribution in [0.5, 0.6) is 0 Å². The highest BCUT2D eigenvalue weighted by molar-refractivity contribution is 6.31. The second kappa shape index (κ2) is 6.57. The van der Waals surface area contributed by atoms with Gasteiger partial charge in [0.25, 0.3) is 0 Å². The summed E-state index contributed by atoms with van der Waals surface area (Å²) >= 11 is 6.23. The first kappa shape index (κ1) is 18.6. The molecular weight excluding hydrogens is 386 g/mol. The summed E-state index contributed by atoms with van der Waals surface area (Å²) in [6.45, 7) is 0. The van der Waals surface area contributed by atoms with E-state index in [1.54, 1.807) is 6.07 Å². The molecule has 1 saturated heterocycles. The fourth-order valence-corrected chi connectivity index (χ4v) is 6.34. The molecule has 4 N–H and O–H groups in total. The number of anilines is 1. The van der Waals surface area contributed by atoms with Crippen LogP contribution in [0.4, 0.5) is 5.69 Å². The number of primary amides is 1. The van der Waals surface area contributed by atoms with Crippen LogP contribution < -0.4 is 16.4 Å². The Bertz CT molecular complexity index is 987. The number of halogens is 1. The third-order valence-corrected chi connectivity index (χ3v) is 7.41. The zero-order valence-electron chi connectivity index (χ0n) is 16.1. The first-order valence-electron chi connectivity index (χ1n) is 10.2. The highest BCUT2D eigenvalue weighted by Gasteiger charge is 2.71. The minimum Gasteiger partial charge on any atom is -0.368 e. The van der Waals surface area contributed by atoms with Crippen molar-refractivity contribution >= 4 is 29.1 Å². The molecule has 0 radical (unpaired) electrons. The van der Waals surface area contributed by atoms with E-state index in [0.29, 0.717) is 5.02 Å². The molecule has 0 unspecified atom stereocenters. The van der Waals surface area contributed by atoms with Gasteiger partial charge in [0.15, 0.2) is 0 Å². The molecule has 1 saturated carbocycles. The molecule has 2 aliphatic heterocycles. The van der Waals surface area contributed by atoms with Crippen molar-refractivity contribution in [2.75, 3.05) is 5.32 Å². The monoisotopic (exact) mass is 409 g/mol. The van der Waals surface area contributed by atoms with Crippen LogP contribution in [0, 0.1) is 0 Å². The average molecular weight is 410 g/mol. The lowest BCUT2D eigenvalue weighted by molar-refractivity contribution is -0.124. The minimum absolute atomic E-state index is 0.0678. The van der Waals surface area contributed by atoms with Gasteiger partial charge in [-0.3, -0.25) is 14.9 Å². The SMILES string of the molecule is NC(=O)[C@@H]1NC2(CCCCC2)[C@@]2(C(=O)Nc3cc(Cl)ccc32)[C@H]1c1ccccc1. The summed E-state index contributed by atoms with van der Waals surface area (Å²) in [7, 11) is 0. The number of amides is 2. The molecule has 5 nitrogen and oxygen atoms in total. The molecule has 3 atom stereocenters. The Morgan fingerprint density at radius 1 is 1.07 bits per heavy atom. The zero-order valence-corrected chi connectivity index (χ0v) is 16.8. The van der Waals surface area contributed by atoms with Crippen molar-refractivity contribution in [2.24, 2.45) is 5.73 Å². The Morgan fingerprint density at radius 2 is 1.79 bits per heavy atom. The number of nitrogens with one attached hydrogen (secondary N) is 2. The third-order valence-electron chi connectivity index (χ3n) is 7.17. The predicted octanol–water partition coefficient (Wildman–Crippen LogP) is 3.47. The Morgan fingerprint density at radius 3 is 2.48 bits per heavy atom.